The van der Waals surface area contributed by atoms with Gasteiger partial charge >= 0.3 is 7.82 Å². The van der Waals surface area contributed by atoms with E-state index in [1.54, 1.807) is 6.08 Å². The van der Waals surface area contributed by atoms with Gasteiger partial charge in [0.25, 0.3) is 0 Å². The fourth-order valence-corrected chi connectivity index (χ4v) is 9.86. The van der Waals surface area contributed by atoms with Gasteiger partial charge in [-0.1, -0.05) is 279 Å². The van der Waals surface area contributed by atoms with Crippen molar-refractivity contribution < 1.29 is 32.9 Å². The van der Waals surface area contributed by atoms with Crippen LogP contribution in [-0.2, 0) is 18.4 Å². The van der Waals surface area contributed by atoms with Crippen LogP contribution in [0, 0.1) is 0 Å². The number of aliphatic hydroxyl groups is 1. The molecule has 0 aromatic heterocycles. The molecule has 0 aliphatic heterocycles. The summed E-state index contributed by atoms with van der Waals surface area (Å²) < 4.78 is 23.7. The van der Waals surface area contributed by atoms with Crippen molar-refractivity contribution in [3.8, 4) is 0 Å². The maximum absolute atomic E-state index is 13.0. The van der Waals surface area contributed by atoms with Crippen molar-refractivity contribution in [3.63, 3.8) is 0 Å². The Morgan fingerprint density at radius 1 is 0.461 bits per heavy atom. The number of unbranched alkanes of at least 4 members (excludes halogenated alkanes) is 33. The van der Waals surface area contributed by atoms with E-state index in [1.807, 2.05) is 27.2 Å². The molecule has 0 rings (SSSR count). The second-order valence-corrected chi connectivity index (χ2v) is 24.2. The van der Waals surface area contributed by atoms with Gasteiger partial charge in [-0.3, -0.25) is 13.8 Å². The molecular weight excluding hydrogens is 960 g/mol. The van der Waals surface area contributed by atoms with Crippen LogP contribution in [0.1, 0.15) is 284 Å². The summed E-state index contributed by atoms with van der Waals surface area (Å²) in [6.45, 7) is 4.68. The van der Waals surface area contributed by atoms with E-state index in [1.165, 1.54) is 193 Å². The molecular formula is C67H124N2O6P+. The molecule has 0 aliphatic rings. The lowest BCUT2D eigenvalue weighted by atomic mass is 10.0. The van der Waals surface area contributed by atoms with Crippen molar-refractivity contribution in [2.45, 2.75) is 296 Å². The van der Waals surface area contributed by atoms with Gasteiger partial charge in [-0.2, -0.15) is 0 Å². The van der Waals surface area contributed by atoms with Crippen molar-refractivity contribution in [2.75, 3.05) is 40.9 Å². The number of phosphoric acid groups is 1. The molecule has 0 heterocycles. The van der Waals surface area contributed by atoms with Crippen LogP contribution in [0.4, 0.5) is 0 Å². The minimum Gasteiger partial charge on any atom is -0.387 e. The van der Waals surface area contributed by atoms with Gasteiger partial charge in [-0.15, -0.1) is 0 Å². The average molecular weight is 1080 g/mol. The number of aliphatic hydroxyl groups excluding tert-OH is 1. The number of nitrogens with one attached hydrogen (secondary N) is 1. The smallest absolute Gasteiger partial charge is 0.387 e. The van der Waals surface area contributed by atoms with Crippen molar-refractivity contribution in [1.82, 2.24) is 5.32 Å². The summed E-state index contributed by atoms with van der Waals surface area (Å²) in [7, 11) is 1.55. The highest BCUT2D eigenvalue weighted by molar-refractivity contribution is 7.47. The maximum Gasteiger partial charge on any atom is 0.472 e. The first-order chi connectivity index (χ1) is 37.0. The van der Waals surface area contributed by atoms with E-state index in [0.717, 1.165) is 70.6 Å². The third-order valence-electron chi connectivity index (χ3n) is 14.1. The summed E-state index contributed by atoms with van der Waals surface area (Å²) in [6, 6.07) is -0.871. The largest absolute Gasteiger partial charge is 0.472 e. The molecule has 3 unspecified atom stereocenters. The molecule has 76 heavy (non-hydrogen) atoms. The number of allylic oxidation sites excluding steroid dienone is 13. The molecule has 0 saturated heterocycles. The average Bonchev–Trinajstić information content (AvgIpc) is 3.38. The summed E-state index contributed by atoms with van der Waals surface area (Å²) in [4.78, 5) is 23.3. The molecule has 442 valence electrons. The van der Waals surface area contributed by atoms with E-state index in [-0.39, 0.29) is 19.1 Å². The second-order valence-electron chi connectivity index (χ2n) is 22.7. The minimum absolute atomic E-state index is 0.0526. The van der Waals surface area contributed by atoms with E-state index >= 15 is 0 Å². The number of hydrogen-bond donors (Lipinski definition) is 3. The number of rotatable bonds is 58. The molecule has 8 nitrogen and oxygen atoms in total. The predicted octanol–water partition coefficient (Wildman–Crippen LogP) is 20.0. The Labute approximate surface area is 471 Å². The Bertz CT molecular complexity index is 1510. The molecule has 0 aromatic rings. The van der Waals surface area contributed by atoms with Gasteiger partial charge in [0, 0.05) is 6.42 Å². The number of amides is 1. The third kappa shape index (κ3) is 59.3. The molecule has 0 bridgehead atoms. The molecule has 0 saturated carbocycles. The monoisotopic (exact) mass is 1080 g/mol. The van der Waals surface area contributed by atoms with Crippen molar-refractivity contribution >= 4 is 13.7 Å². The second kappa shape index (κ2) is 57.4. The highest BCUT2D eigenvalue weighted by Gasteiger charge is 2.27. The van der Waals surface area contributed by atoms with E-state index in [0.29, 0.717) is 17.4 Å². The highest BCUT2D eigenvalue weighted by atomic mass is 31.2. The van der Waals surface area contributed by atoms with Crippen LogP contribution in [0.5, 0.6) is 0 Å². The first kappa shape index (κ1) is 73.7. The van der Waals surface area contributed by atoms with Gasteiger partial charge in [0.15, 0.2) is 0 Å². The summed E-state index contributed by atoms with van der Waals surface area (Å²) >= 11 is 0. The van der Waals surface area contributed by atoms with Crippen molar-refractivity contribution in [2.24, 2.45) is 0 Å². The fourth-order valence-electron chi connectivity index (χ4n) is 9.13. The van der Waals surface area contributed by atoms with E-state index in [4.69, 9.17) is 9.05 Å². The van der Waals surface area contributed by atoms with Gasteiger partial charge in [0.1, 0.15) is 13.2 Å². The Hall–Kier alpha value is -2.32. The minimum atomic E-state index is -4.36. The Balaban J connectivity index is 4.01. The number of carbonyl (C=O) groups is 1. The van der Waals surface area contributed by atoms with Crippen LogP contribution >= 0.6 is 7.82 Å². The number of nitrogens with zero attached hydrogens (tertiary/aromatic N) is 1. The van der Waals surface area contributed by atoms with Gasteiger partial charge in [0.05, 0.1) is 39.9 Å². The van der Waals surface area contributed by atoms with Crippen LogP contribution < -0.4 is 5.32 Å². The van der Waals surface area contributed by atoms with Crippen LogP contribution in [-0.4, -0.2) is 73.4 Å². The van der Waals surface area contributed by atoms with Crippen LogP contribution in [0.3, 0.4) is 0 Å². The van der Waals surface area contributed by atoms with Gasteiger partial charge in [-0.25, -0.2) is 4.57 Å². The molecule has 0 radical (unpaired) electrons. The van der Waals surface area contributed by atoms with E-state index in [2.05, 4.69) is 92.1 Å². The van der Waals surface area contributed by atoms with Crippen LogP contribution in [0.2, 0.25) is 0 Å². The summed E-state index contributed by atoms with van der Waals surface area (Å²) in [5.74, 6) is -0.189. The van der Waals surface area contributed by atoms with Crippen molar-refractivity contribution in [3.05, 3.63) is 85.1 Å². The Kier molecular flexibility index (Phi) is 55.6. The number of carbonyl (C=O) groups excluding carboxylic acids is 1. The molecule has 0 fully saturated rings. The molecule has 9 heteroatoms. The zero-order valence-corrected chi connectivity index (χ0v) is 51.4. The third-order valence-corrected chi connectivity index (χ3v) is 15.1. The molecule has 0 aliphatic carbocycles. The highest BCUT2D eigenvalue weighted by Crippen LogP contribution is 2.43. The lowest BCUT2D eigenvalue weighted by Gasteiger charge is -2.25. The summed E-state index contributed by atoms with van der Waals surface area (Å²) in [6.07, 6.45) is 81.5. The first-order valence-electron chi connectivity index (χ1n) is 32.0. The molecule has 1 amide bonds. The van der Waals surface area contributed by atoms with Gasteiger partial charge in [-0.05, 0) is 83.5 Å². The topological polar surface area (TPSA) is 105 Å². The van der Waals surface area contributed by atoms with Crippen LogP contribution in [0.15, 0.2) is 85.1 Å². The van der Waals surface area contributed by atoms with Gasteiger partial charge in [0.2, 0.25) is 5.91 Å². The summed E-state index contributed by atoms with van der Waals surface area (Å²) in [5.41, 5.74) is 0. The Morgan fingerprint density at radius 2 is 0.803 bits per heavy atom. The molecule has 3 atom stereocenters. The molecule has 0 spiro atoms. The number of hydrogen-bond acceptors (Lipinski definition) is 5. The zero-order chi connectivity index (χ0) is 55.6. The fraction of sp³-hybridized carbons (Fsp3) is 0.776. The van der Waals surface area contributed by atoms with E-state index < -0.39 is 20.0 Å². The molecule has 3 N–H and O–H groups in total. The van der Waals surface area contributed by atoms with E-state index in [9.17, 15) is 19.4 Å². The van der Waals surface area contributed by atoms with Gasteiger partial charge < -0.3 is 19.8 Å². The SMILES string of the molecule is CC/C=C\C/C=C\C/C=C\C/C=C\CCCCCCCCCCCCCCCCCCCCCCCCCCC(=O)NC(COP(=O)(O)OCC[N+](C)(C)C)C(O)/C=C/CC/C=C/CC/C=C/CCCCCCCCC. The standard InChI is InChI=1S/C67H123N2O6P/c1-6-8-10-12-14-16-18-20-22-24-25-26-27-28-29-30-31-32-33-34-35-36-37-38-39-40-41-42-43-45-47-49-51-53-55-57-59-61-67(71)68-65(64-75-76(72,73)74-63-62-69(3,4)5)66(70)60-58-56-54-52-50-48-46-44-23-21-19-17-15-13-11-9-7-2/h8,10,14,16,20,22-23,25-26,44,50,52,58,60,65-66,70H,6-7,9,11-13,15,17-19,21,24,27-43,45-49,51,53-57,59,61-64H2,1-5H3,(H-,68,71,72,73)/p+1/b10-8-,16-14-,22-20-,26-25-,44-23+,52-50+,60-58+. The number of likely N-dealkylation sites (N-methyl/N-ethyl adjacent to an activating group) is 1. The lowest BCUT2D eigenvalue weighted by molar-refractivity contribution is -0.870. The maximum atomic E-state index is 13.0. The normalized spacial score (nSPS) is 14.4. The summed E-state index contributed by atoms with van der Waals surface area (Å²) in [5, 5.41) is 13.9. The first-order valence-corrected chi connectivity index (χ1v) is 33.5. The van der Waals surface area contributed by atoms with Crippen LogP contribution in [0.25, 0.3) is 0 Å². The Morgan fingerprint density at radius 3 is 1.21 bits per heavy atom. The number of quaternary nitrogens is 1. The zero-order valence-electron chi connectivity index (χ0n) is 50.5. The predicted molar refractivity (Wildman–Crippen MR) is 332 cm³/mol. The molecule has 0 aromatic carbocycles. The van der Waals surface area contributed by atoms with Crippen molar-refractivity contribution in [1.29, 1.82) is 0 Å². The quantitative estimate of drug-likeness (QED) is 0.0243. The lowest BCUT2D eigenvalue weighted by Crippen LogP contribution is -2.45. The number of phosphoric ester groups is 1.